The van der Waals surface area contributed by atoms with Gasteiger partial charge in [-0.1, -0.05) is 5.16 Å². The summed E-state index contributed by atoms with van der Waals surface area (Å²) in [5, 5.41) is 22.5. The summed E-state index contributed by atoms with van der Waals surface area (Å²) in [6.45, 7) is 1.56. The minimum Gasteiger partial charge on any atom is -0.380 e. The molecular weight excluding hydrogens is 480 g/mol. The number of benzene rings is 1. The summed E-state index contributed by atoms with van der Waals surface area (Å²) in [4.78, 5) is 33.9. The van der Waals surface area contributed by atoms with Crippen LogP contribution >= 0.6 is 0 Å². The number of anilines is 4. The number of aliphatic hydroxyl groups is 1. The number of hydrogen-bond acceptors (Lipinski definition) is 10. The molecule has 1 saturated heterocycles. The smallest absolute Gasteiger partial charge is 0.260 e. The maximum Gasteiger partial charge on any atom is 0.260 e. The fourth-order valence-corrected chi connectivity index (χ4v) is 4.02. The van der Waals surface area contributed by atoms with Crippen molar-refractivity contribution in [3.63, 3.8) is 0 Å². The van der Waals surface area contributed by atoms with Crippen molar-refractivity contribution in [2.75, 3.05) is 48.1 Å². The van der Waals surface area contributed by atoms with E-state index in [4.69, 9.17) is 15.0 Å². The Bertz CT molecular complexity index is 1480. The van der Waals surface area contributed by atoms with Gasteiger partial charge in [0.1, 0.15) is 5.82 Å². The molecule has 13 nitrogen and oxygen atoms in total. The fourth-order valence-electron chi connectivity index (χ4n) is 4.02. The van der Waals surface area contributed by atoms with Crippen LogP contribution in [0, 0.1) is 0 Å². The molecule has 0 spiro atoms. The monoisotopic (exact) mass is 506 g/mol. The maximum atomic E-state index is 13.4. The third-order valence-corrected chi connectivity index (χ3v) is 6.12. The number of carbonyl (C=O) groups is 2. The number of nitrogen functional groups attached to an aromatic ring is 1. The van der Waals surface area contributed by atoms with Gasteiger partial charge >= 0.3 is 0 Å². The van der Waals surface area contributed by atoms with E-state index in [0.29, 0.717) is 22.5 Å². The number of fused-ring (bicyclic) bond motifs is 1. The summed E-state index contributed by atoms with van der Waals surface area (Å²) in [5.74, 6) is -0.0568. The topological polar surface area (TPSA) is 165 Å². The second kappa shape index (κ2) is 9.19. The number of nitrogens with one attached hydrogen (secondary N) is 1. The van der Waals surface area contributed by atoms with Crippen LogP contribution in [-0.4, -0.2) is 75.8 Å². The molecule has 13 heteroatoms. The molecule has 1 aromatic carbocycles. The molecule has 5 rings (SSSR count). The normalized spacial score (nSPS) is 17.6. The fraction of sp³-hybridized carbons (Fsp3) is 0.292. The summed E-state index contributed by atoms with van der Waals surface area (Å²) in [7, 11) is 3.77. The van der Waals surface area contributed by atoms with Crippen LogP contribution in [0.5, 0.6) is 0 Å². The van der Waals surface area contributed by atoms with E-state index in [-0.39, 0.29) is 19.0 Å². The molecule has 0 aliphatic carbocycles. The van der Waals surface area contributed by atoms with E-state index in [1.807, 2.05) is 25.1 Å². The van der Waals surface area contributed by atoms with Gasteiger partial charge in [-0.05, 0) is 25.1 Å². The van der Waals surface area contributed by atoms with Crippen LogP contribution in [0.25, 0.3) is 16.7 Å². The van der Waals surface area contributed by atoms with Gasteiger partial charge in [-0.2, -0.15) is 0 Å². The summed E-state index contributed by atoms with van der Waals surface area (Å²) >= 11 is 0. The van der Waals surface area contributed by atoms with E-state index in [1.54, 1.807) is 41.3 Å². The largest absolute Gasteiger partial charge is 0.380 e. The first kappa shape index (κ1) is 24.2. The van der Waals surface area contributed by atoms with E-state index in [2.05, 4.69) is 20.6 Å². The maximum absolute atomic E-state index is 13.4. The van der Waals surface area contributed by atoms with E-state index in [0.717, 1.165) is 11.5 Å². The van der Waals surface area contributed by atoms with Crippen LogP contribution in [0.3, 0.4) is 0 Å². The minimum atomic E-state index is -2.18. The predicted molar refractivity (Wildman–Crippen MR) is 135 cm³/mol. The summed E-state index contributed by atoms with van der Waals surface area (Å²) in [6, 6.07) is 10.1. The zero-order valence-electron chi connectivity index (χ0n) is 20.5. The highest BCUT2D eigenvalue weighted by Crippen LogP contribution is 2.27. The molecule has 1 aliphatic rings. The highest BCUT2D eigenvalue weighted by Gasteiger charge is 2.49. The number of ether oxygens (including phenoxy) is 1. The first-order chi connectivity index (χ1) is 17.6. The van der Waals surface area contributed by atoms with Crippen molar-refractivity contribution in [1.29, 1.82) is 0 Å². The van der Waals surface area contributed by atoms with Gasteiger partial charge in [-0.3, -0.25) is 14.5 Å². The molecule has 1 aliphatic heterocycles. The van der Waals surface area contributed by atoms with E-state index >= 15 is 0 Å². The van der Waals surface area contributed by atoms with Crippen LogP contribution in [0.1, 0.15) is 6.92 Å². The van der Waals surface area contributed by atoms with Gasteiger partial charge in [0, 0.05) is 50.4 Å². The van der Waals surface area contributed by atoms with E-state index in [1.165, 1.54) is 17.9 Å². The number of aromatic nitrogens is 4. The molecule has 192 valence electrons. The van der Waals surface area contributed by atoms with E-state index in [9.17, 15) is 14.7 Å². The van der Waals surface area contributed by atoms with E-state index < -0.39 is 23.5 Å². The molecule has 4 heterocycles. The van der Waals surface area contributed by atoms with Crippen molar-refractivity contribution in [2.45, 2.75) is 18.6 Å². The lowest BCUT2D eigenvalue weighted by molar-refractivity contribution is -0.165. The molecule has 4 aromatic rings. The Morgan fingerprint density at radius 2 is 2.08 bits per heavy atom. The van der Waals surface area contributed by atoms with Crippen LogP contribution in [-0.2, 0) is 14.3 Å². The Balaban J connectivity index is 1.33. The Morgan fingerprint density at radius 1 is 1.27 bits per heavy atom. The Morgan fingerprint density at radius 3 is 2.86 bits per heavy atom. The van der Waals surface area contributed by atoms with Gasteiger partial charge in [0.25, 0.3) is 11.8 Å². The number of amides is 2. The number of nitrogens with zero attached hydrogens (tertiary/aromatic N) is 6. The lowest BCUT2D eigenvalue weighted by Crippen LogP contribution is -2.61. The van der Waals surface area contributed by atoms with Crippen LogP contribution in [0.15, 0.2) is 53.3 Å². The lowest BCUT2D eigenvalue weighted by atomic mass is 9.95. The third-order valence-electron chi connectivity index (χ3n) is 6.12. The average Bonchev–Trinajstić information content (AvgIpc) is 3.51. The average molecular weight is 507 g/mol. The Hall–Kier alpha value is -4.49. The number of rotatable bonds is 6. The second-order valence-electron chi connectivity index (χ2n) is 9.01. The molecule has 0 bridgehead atoms. The van der Waals surface area contributed by atoms with Crippen LogP contribution < -0.4 is 20.9 Å². The van der Waals surface area contributed by atoms with Crippen molar-refractivity contribution in [1.82, 2.24) is 19.9 Å². The van der Waals surface area contributed by atoms with Crippen molar-refractivity contribution in [3.05, 3.63) is 48.8 Å². The summed E-state index contributed by atoms with van der Waals surface area (Å²) < 4.78 is 12.3. The number of hydrogen-bond donors (Lipinski definition) is 3. The molecule has 1 unspecified atom stereocenters. The molecule has 2 atom stereocenters. The number of morpholine rings is 1. The number of nitrogens with two attached hydrogens (primary N) is 1. The van der Waals surface area contributed by atoms with Gasteiger partial charge in [-0.15, -0.1) is 5.10 Å². The summed E-state index contributed by atoms with van der Waals surface area (Å²) in [5.41, 5.74) is 5.01. The number of pyridine rings is 1. The quantitative estimate of drug-likeness (QED) is 0.346. The van der Waals surface area contributed by atoms with Crippen LogP contribution in [0.4, 0.5) is 23.1 Å². The zero-order chi connectivity index (χ0) is 26.3. The number of carbonyl (C=O) groups excluding carboxylic acids is 2. The first-order valence-electron chi connectivity index (χ1n) is 11.5. The third kappa shape index (κ3) is 4.45. The Kier molecular flexibility index (Phi) is 6.01. The van der Waals surface area contributed by atoms with Crippen molar-refractivity contribution in [3.8, 4) is 5.69 Å². The molecule has 1 fully saturated rings. The van der Waals surface area contributed by atoms with Gasteiger partial charge < -0.3 is 30.3 Å². The SMILES string of the molecule is CN(C)c1cc(-n2ccc(N3CCO[C@H](C(C)(O)C(=O)Nc4ccc5c(N)noc5c4)C3=O)n2)ccn1. The second-order valence-corrected chi connectivity index (χ2v) is 9.01. The Labute approximate surface area is 211 Å². The van der Waals surface area contributed by atoms with Gasteiger partial charge in [0.15, 0.2) is 28.9 Å². The molecule has 2 amide bonds. The minimum absolute atomic E-state index is 0.107. The van der Waals surface area contributed by atoms with Gasteiger partial charge in [0.05, 0.1) is 24.2 Å². The highest BCUT2D eigenvalue weighted by molar-refractivity contribution is 6.06. The van der Waals surface area contributed by atoms with Crippen molar-refractivity contribution < 1.29 is 24.0 Å². The van der Waals surface area contributed by atoms with Crippen molar-refractivity contribution in [2.24, 2.45) is 0 Å². The molecule has 0 saturated carbocycles. The van der Waals surface area contributed by atoms with Crippen LogP contribution in [0.2, 0.25) is 0 Å². The molecular formula is C24H26N8O5. The molecule has 4 N–H and O–H groups in total. The lowest BCUT2D eigenvalue weighted by Gasteiger charge is -2.37. The van der Waals surface area contributed by atoms with Crippen molar-refractivity contribution >= 4 is 45.9 Å². The first-order valence-corrected chi connectivity index (χ1v) is 11.5. The van der Waals surface area contributed by atoms with Gasteiger partial charge in [0.2, 0.25) is 0 Å². The standard InChI is InChI=1S/C24H26N8O5/c1-24(35,23(34)27-14-4-5-16-17(12-14)37-29-21(16)25)20-22(33)31(10-11-36-20)18-7-9-32(28-18)15-6-8-26-19(13-15)30(2)3/h4-9,12-13,20,35H,10-11H2,1-3H3,(H2,25,29)(H,27,34)/t20-,24?/m0/s1. The predicted octanol–water partition coefficient (Wildman–Crippen LogP) is 1.18. The highest BCUT2D eigenvalue weighted by atomic mass is 16.5. The summed E-state index contributed by atoms with van der Waals surface area (Å²) in [6.07, 6.45) is 1.95. The zero-order valence-corrected chi connectivity index (χ0v) is 20.5. The van der Waals surface area contributed by atoms with Gasteiger partial charge in [-0.25, -0.2) is 9.67 Å². The molecule has 0 radical (unpaired) electrons. The molecule has 37 heavy (non-hydrogen) atoms. The molecule has 3 aromatic heterocycles.